The van der Waals surface area contributed by atoms with Crippen LogP contribution in [0.4, 0.5) is 0 Å². The average Bonchev–Trinajstić information content (AvgIpc) is 3.33. The zero-order valence-electron chi connectivity index (χ0n) is 23.2. The first kappa shape index (κ1) is 25.9. The lowest BCUT2D eigenvalue weighted by molar-refractivity contribution is -0.153. The first-order valence-corrected chi connectivity index (χ1v) is 13.8. The van der Waals surface area contributed by atoms with E-state index in [0.29, 0.717) is 19.8 Å². The number of carbonyl (C=O) groups is 1. The van der Waals surface area contributed by atoms with Crippen LogP contribution < -0.4 is 9.47 Å². The predicted octanol–water partition coefficient (Wildman–Crippen LogP) is 3.33. The highest BCUT2D eigenvalue weighted by molar-refractivity contribution is 5.92. The number of esters is 1. The molecule has 0 amide bonds. The molecule has 5 aliphatic rings. The highest BCUT2D eigenvalue weighted by Crippen LogP contribution is 2.47. The number of ether oxygens (including phenoxy) is 4. The molecule has 9 heteroatoms. The minimum absolute atomic E-state index is 0.203. The number of hydrogen-bond donors (Lipinski definition) is 0. The van der Waals surface area contributed by atoms with Crippen molar-refractivity contribution < 1.29 is 23.7 Å². The molecule has 0 radical (unpaired) electrons. The van der Waals surface area contributed by atoms with Gasteiger partial charge in [-0.25, -0.2) is 9.78 Å². The van der Waals surface area contributed by atoms with Crippen LogP contribution in [0.5, 0.6) is 11.5 Å². The van der Waals surface area contributed by atoms with Crippen molar-refractivity contribution in [2.75, 3.05) is 60.2 Å². The van der Waals surface area contributed by atoms with Crippen LogP contribution in [0, 0.1) is 0 Å². The zero-order chi connectivity index (χ0) is 27.3. The van der Waals surface area contributed by atoms with E-state index in [1.807, 2.05) is 26.0 Å². The van der Waals surface area contributed by atoms with Gasteiger partial charge in [-0.1, -0.05) is 20.4 Å². The normalized spacial score (nSPS) is 22.5. The van der Waals surface area contributed by atoms with Crippen molar-refractivity contribution in [2.45, 2.75) is 33.0 Å². The van der Waals surface area contributed by atoms with Crippen molar-refractivity contribution in [3.05, 3.63) is 58.5 Å². The maximum absolute atomic E-state index is 12.4. The summed E-state index contributed by atoms with van der Waals surface area (Å²) in [6.07, 6.45) is 1.28. The van der Waals surface area contributed by atoms with Crippen molar-refractivity contribution in [1.29, 1.82) is 0 Å². The topological polar surface area (TPSA) is 76.6 Å². The highest BCUT2D eigenvalue weighted by Gasteiger charge is 2.41. The number of carbonyl (C=O) groups excluding carboxylic acids is 1. The minimum atomic E-state index is -0.762. The van der Waals surface area contributed by atoms with Gasteiger partial charge in [0, 0.05) is 73.7 Å². The second-order valence-corrected chi connectivity index (χ2v) is 10.2. The number of fused-ring (bicyclic) bond motifs is 5. The molecule has 39 heavy (non-hydrogen) atoms. The van der Waals surface area contributed by atoms with Crippen molar-refractivity contribution in [1.82, 2.24) is 19.7 Å². The summed E-state index contributed by atoms with van der Waals surface area (Å²) in [6, 6.07) is 4.10. The summed E-state index contributed by atoms with van der Waals surface area (Å²) >= 11 is 0. The molecule has 7 rings (SSSR count). The Kier molecular flexibility index (Phi) is 6.82. The predicted molar refractivity (Wildman–Crippen MR) is 148 cm³/mol. The van der Waals surface area contributed by atoms with E-state index in [4.69, 9.17) is 23.9 Å². The van der Waals surface area contributed by atoms with Crippen LogP contribution in [0.25, 0.3) is 16.6 Å². The Balaban J connectivity index is 0.00000135. The lowest BCUT2D eigenvalue weighted by Gasteiger charge is -2.34. The Morgan fingerprint density at radius 2 is 1.79 bits per heavy atom. The number of benzene rings is 1. The summed E-state index contributed by atoms with van der Waals surface area (Å²) in [5.41, 5.74) is 7.77. The third kappa shape index (κ3) is 4.29. The van der Waals surface area contributed by atoms with Crippen molar-refractivity contribution in [3.63, 3.8) is 0 Å². The Morgan fingerprint density at radius 1 is 1.08 bits per heavy atom. The first-order chi connectivity index (χ1) is 19.0. The number of aromatic nitrogens is 1. The average molecular weight is 533 g/mol. The Labute approximate surface area is 229 Å². The van der Waals surface area contributed by atoms with E-state index in [1.54, 1.807) is 0 Å². The van der Waals surface area contributed by atoms with Gasteiger partial charge in [0.15, 0.2) is 17.6 Å². The highest BCUT2D eigenvalue weighted by atomic mass is 16.6. The van der Waals surface area contributed by atoms with E-state index < -0.39 is 6.10 Å². The van der Waals surface area contributed by atoms with Gasteiger partial charge in [0.25, 0.3) is 0 Å². The van der Waals surface area contributed by atoms with E-state index in [2.05, 4.69) is 34.4 Å². The third-order valence-corrected chi connectivity index (χ3v) is 8.10. The summed E-state index contributed by atoms with van der Waals surface area (Å²) < 4.78 is 22.8. The number of piperazine rings is 1. The Morgan fingerprint density at radius 3 is 2.51 bits per heavy atom. The van der Waals surface area contributed by atoms with Crippen LogP contribution in [0.2, 0.25) is 0 Å². The van der Waals surface area contributed by atoms with Crippen LogP contribution in [0.15, 0.2) is 41.6 Å². The van der Waals surface area contributed by atoms with E-state index >= 15 is 0 Å². The van der Waals surface area contributed by atoms with Crippen molar-refractivity contribution >= 4 is 22.6 Å². The molecule has 2 aromatic rings. The van der Waals surface area contributed by atoms with Gasteiger partial charge >= 0.3 is 5.97 Å². The number of methoxy groups -OCH3 is 1. The number of hydrogen-bond acceptors (Lipinski definition) is 9. The number of rotatable bonds is 3. The largest absolute Gasteiger partial charge is 0.486 e. The second kappa shape index (κ2) is 10.3. The van der Waals surface area contributed by atoms with E-state index in [-0.39, 0.29) is 12.6 Å². The number of pyridine rings is 1. The number of cyclic esters (lactones) is 1. The molecule has 1 atom stereocenters. The molecular weight excluding hydrogens is 496 g/mol. The molecule has 1 aromatic carbocycles. The SMILES string of the molecule is C=C1C2=C(C=C3c4nc5cc6c(cc5c(CN5CCN(C)CC5)c4CN13)OCCO6)C(OC)C(=O)OC2.CC. The Bertz CT molecular complexity index is 1410. The Hall–Kier alpha value is -3.40. The van der Waals surface area contributed by atoms with Gasteiger partial charge in [-0.3, -0.25) is 4.90 Å². The van der Waals surface area contributed by atoms with Gasteiger partial charge in [-0.15, -0.1) is 0 Å². The molecule has 9 nitrogen and oxygen atoms in total. The number of nitrogens with zero attached hydrogens (tertiary/aromatic N) is 4. The molecule has 0 bridgehead atoms. The fourth-order valence-electron chi connectivity index (χ4n) is 5.99. The first-order valence-electron chi connectivity index (χ1n) is 13.8. The zero-order valence-corrected chi connectivity index (χ0v) is 23.2. The maximum Gasteiger partial charge on any atom is 0.340 e. The smallest absolute Gasteiger partial charge is 0.340 e. The van der Waals surface area contributed by atoms with Crippen molar-refractivity contribution in [2.24, 2.45) is 0 Å². The molecule has 206 valence electrons. The molecule has 6 heterocycles. The third-order valence-electron chi connectivity index (χ3n) is 8.10. The molecule has 0 aliphatic carbocycles. The van der Waals surface area contributed by atoms with Gasteiger partial charge in [0.1, 0.15) is 19.8 Å². The number of likely N-dealkylation sites (N-methyl/N-ethyl adjacent to an activating group) is 1. The molecule has 0 N–H and O–H groups in total. The molecule has 1 aromatic heterocycles. The molecule has 1 fully saturated rings. The monoisotopic (exact) mass is 532 g/mol. The summed E-state index contributed by atoms with van der Waals surface area (Å²) in [7, 11) is 3.70. The van der Waals surface area contributed by atoms with Gasteiger partial charge in [-0.05, 0) is 24.8 Å². The lowest BCUT2D eigenvalue weighted by atomic mass is 9.93. The molecule has 0 spiro atoms. The van der Waals surface area contributed by atoms with Crippen LogP contribution in [-0.2, 0) is 27.4 Å². The van der Waals surface area contributed by atoms with Crippen LogP contribution in [-0.4, -0.2) is 91.9 Å². The van der Waals surface area contributed by atoms with Gasteiger partial charge in [0.05, 0.1) is 23.5 Å². The van der Waals surface area contributed by atoms with E-state index in [9.17, 15) is 4.79 Å². The quantitative estimate of drug-likeness (QED) is 0.554. The second-order valence-electron chi connectivity index (χ2n) is 10.2. The van der Waals surface area contributed by atoms with E-state index in [1.165, 1.54) is 18.2 Å². The fourth-order valence-corrected chi connectivity index (χ4v) is 5.99. The summed E-state index contributed by atoms with van der Waals surface area (Å²) in [5.74, 6) is 1.13. The van der Waals surface area contributed by atoms with Crippen molar-refractivity contribution in [3.8, 4) is 11.5 Å². The standard InChI is InChI=1S/C28H30N4O5.C2H6/c1-16-21-15-37-28(33)27(34-3)18(21)10-23-26-20(14-32(16)23)19(13-31-6-4-30(2)5-7-31)17-11-24-25(12-22(17)29-26)36-9-8-35-24;1-2/h10-12,27H,1,4-9,13-15H2,2-3H3;1-2H3. The molecule has 0 saturated carbocycles. The van der Waals surface area contributed by atoms with Gasteiger partial charge in [-0.2, -0.15) is 0 Å². The van der Waals surface area contributed by atoms with Gasteiger partial charge in [0.2, 0.25) is 0 Å². The molecular formula is C30H36N4O5. The fraction of sp³-hybridized carbons (Fsp3) is 0.467. The summed E-state index contributed by atoms with van der Waals surface area (Å²) in [6.45, 7) is 15.3. The molecule has 1 unspecified atom stereocenters. The molecule has 1 saturated heterocycles. The van der Waals surface area contributed by atoms with Gasteiger partial charge < -0.3 is 28.7 Å². The van der Waals surface area contributed by atoms with Crippen LogP contribution >= 0.6 is 0 Å². The minimum Gasteiger partial charge on any atom is -0.486 e. The van der Waals surface area contributed by atoms with E-state index in [0.717, 1.165) is 83.4 Å². The maximum atomic E-state index is 12.4. The van der Waals surface area contributed by atoms with Crippen LogP contribution in [0.3, 0.4) is 0 Å². The summed E-state index contributed by atoms with van der Waals surface area (Å²) in [4.78, 5) is 24.7. The van der Waals surface area contributed by atoms with Crippen LogP contribution in [0.1, 0.15) is 30.7 Å². The lowest BCUT2D eigenvalue weighted by Crippen LogP contribution is -2.44. The summed E-state index contributed by atoms with van der Waals surface area (Å²) in [5, 5.41) is 1.10. The molecule has 5 aliphatic heterocycles.